The number of anilines is 2. The molecule has 1 aliphatic heterocycles. The van der Waals surface area contributed by atoms with Crippen molar-refractivity contribution in [2.45, 2.75) is 24.6 Å². The van der Waals surface area contributed by atoms with Gasteiger partial charge in [0.1, 0.15) is 0 Å². The summed E-state index contributed by atoms with van der Waals surface area (Å²) in [6.45, 7) is 0. The monoisotopic (exact) mass is 417 g/mol. The fraction of sp³-hybridized carbons (Fsp3) is 0.235. The summed E-state index contributed by atoms with van der Waals surface area (Å²) in [7, 11) is 0. The van der Waals surface area contributed by atoms with E-state index >= 15 is 0 Å². The SMILES string of the molecule is O=C(CCC1(C(F)(F)F)OC(=O)Nc2ccc(Cl)cc21)Nc1ccc(F)nc1. The van der Waals surface area contributed by atoms with Gasteiger partial charge in [0.15, 0.2) is 0 Å². The van der Waals surface area contributed by atoms with Crippen molar-refractivity contribution in [3.63, 3.8) is 0 Å². The van der Waals surface area contributed by atoms with Crippen LogP contribution in [0.2, 0.25) is 5.02 Å². The van der Waals surface area contributed by atoms with Crippen molar-refractivity contribution in [3.8, 4) is 0 Å². The molecule has 0 aliphatic carbocycles. The predicted molar refractivity (Wildman–Crippen MR) is 91.3 cm³/mol. The predicted octanol–water partition coefficient (Wildman–Crippen LogP) is 4.61. The van der Waals surface area contributed by atoms with Crippen molar-refractivity contribution in [1.29, 1.82) is 0 Å². The molecule has 0 radical (unpaired) electrons. The second kappa shape index (κ2) is 7.27. The Morgan fingerprint density at radius 2 is 2.04 bits per heavy atom. The number of rotatable bonds is 4. The Kier molecular flexibility index (Phi) is 5.16. The van der Waals surface area contributed by atoms with Crippen LogP contribution in [0, 0.1) is 5.95 Å². The number of cyclic esters (lactones) is 1. The number of aromatic nitrogens is 1. The van der Waals surface area contributed by atoms with Crippen LogP contribution in [0.4, 0.5) is 33.7 Å². The molecule has 28 heavy (non-hydrogen) atoms. The molecule has 11 heteroatoms. The number of fused-ring (bicyclic) bond motifs is 1. The Morgan fingerprint density at radius 3 is 2.68 bits per heavy atom. The lowest BCUT2D eigenvalue weighted by molar-refractivity contribution is -0.267. The minimum Gasteiger partial charge on any atom is -0.428 e. The van der Waals surface area contributed by atoms with E-state index in [1.54, 1.807) is 0 Å². The molecule has 3 rings (SSSR count). The number of halogens is 5. The van der Waals surface area contributed by atoms with E-state index in [2.05, 4.69) is 20.4 Å². The maximum absolute atomic E-state index is 14.0. The quantitative estimate of drug-likeness (QED) is 0.562. The molecule has 1 aromatic heterocycles. The first kappa shape index (κ1) is 19.9. The van der Waals surface area contributed by atoms with Crippen LogP contribution in [0.25, 0.3) is 0 Å². The third-order valence-corrected chi connectivity index (χ3v) is 4.33. The van der Waals surface area contributed by atoms with Gasteiger partial charge in [0.2, 0.25) is 17.5 Å². The molecule has 2 aromatic rings. The number of nitrogens with zero attached hydrogens (tertiary/aromatic N) is 1. The van der Waals surface area contributed by atoms with Crippen LogP contribution in [-0.2, 0) is 15.1 Å². The summed E-state index contributed by atoms with van der Waals surface area (Å²) in [5, 5.41) is 4.50. The largest absolute Gasteiger partial charge is 0.432 e. The first-order chi connectivity index (χ1) is 13.1. The van der Waals surface area contributed by atoms with Crippen molar-refractivity contribution < 1.29 is 31.9 Å². The van der Waals surface area contributed by atoms with Gasteiger partial charge in [-0.3, -0.25) is 10.1 Å². The van der Waals surface area contributed by atoms with Gasteiger partial charge in [0, 0.05) is 23.4 Å². The summed E-state index contributed by atoms with van der Waals surface area (Å²) in [5.41, 5.74) is -3.45. The lowest BCUT2D eigenvalue weighted by atomic mass is 9.85. The molecule has 2 heterocycles. The molecule has 1 aromatic carbocycles. The van der Waals surface area contributed by atoms with E-state index < -0.39 is 48.1 Å². The minimum atomic E-state index is -5.01. The zero-order chi connectivity index (χ0) is 20.5. The van der Waals surface area contributed by atoms with Gasteiger partial charge in [-0.15, -0.1) is 0 Å². The Balaban J connectivity index is 1.87. The van der Waals surface area contributed by atoms with Crippen LogP contribution < -0.4 is 10.6 Å². The maximum atomic E-state index is 14.0. The first-order valence-electron chi connectivity index (χ1n) is 7.89. The van der Waals surface area contributed by atoms with Crippen molar-refractivity contribution in [2.24, 2.45) is 0 Å². The molecule has 148 valence electrons. The standard InChI is InChI=1S/C17H12ClF4N3O3/c18-9-1-3-12-11(7-9)16(17(20,21)22,28-15(27)25-12)6-5-14(26)24-10-2-4-13(19)23-8-10/h1-4,7-8H,5-6H2,(H,24,26)(H,25,27). The van der Waals surface area contributed by atoms with E-state index in [9.17, 15) is 27.2 Å². The topological polar surface area (TPSA) is 80.3 Å². The molecular weight excluding hydrogens is 406 g/mol. The Hall–Kier alpha value is -2.88. The van der Waals surface area contributed by atoms with Gasteiger partial charge in [0.05, 0.1) is 17.6 Å². The second-order valence-electron chi connectivity index (χ2n) is 5.95. The van der Waals surface area contributed by atoms with Crippen LogP contribution in [0.1, 0.15) is 18.4 Å². The highest BCUT2D eigenvalue weighted by atomic mass is 35.5. The Labute approximate surface area is 160 Å². The summed E-state index contributed by atoms with van der Waals surface area (Å²) >= 11 is 5.82. The smallest absolute Gasteiger partial charge is 0.428 e. The number of carbonyl (C=O) groups is 2. The average molecular weight is 418 g/mol. The molecule has 1 atom stereocenters. The number of nitrogens with one attached hydrogen (secondary N) is 2. The summed E-state index contributed by atoms with van der Waals surface area (Å²) in [4.78, 5) is 27.1. The highest BCUT2D eigenvalue weighted by Crippen LogP contribution is 2.50. The van der Waals surface area contributed by atoms with Crippen LogP contribution in [0.5, 0.6) is 0 Å². The zero-order valence-electron chi connectivity index (χ0n) is 13.9. The minimum absolute atomic E-state index is 0.00830. The number of hydrogen-bond acceptors (Lipinski definition) is 4. The maximum Gasteiger partial charge on any atom is 0.432 e. The molecule has 6 nitrogen and oxygen atoms in total. The van der Waals surface area contributed by atoms with Gasteiger partial charge in [0.25, 0.3) is 0 Å². The number of pyridine rings is 1. The van der Waals surface area contributed by atoms with E-state index in [1.807, 2.05) is 0 Å². The van der Waals surface area contributed by atoms with E-state index in [1.165, 1.54) is 18.2 Å². The summed E-state index contributed by atoms with van der Waals surface area (Å²) in [6.07, 6.45) is -6.81. The fourth-order valence-corrected chi connectivity index (χ4v) is 2.98. The Morgan fingerprint density at radius 1 is 1.29 bits per heavy atom. The molecule has 2 amide bonds. The zero-order valence-corrected chi connectivity index (χ0v) is 14.7. The van der Waals surface area contributed by atoms with Gasteiger partial charge in [-0.25, -0.2) is 9.78 Å². The summed E-state index contributed by atoms with van der Waals surface area (Å²) < 4.78 is 59.4. The molecule has 1 unspecified atom stereocenters. The molecule has 0 spiro atoms. The summed E-state index contributed by atoms with van der Waals surface area (Å²) in [6, 6.07) is 5.77. The number of amides is 2. The van der Waals surface area contributed by atoms with Gasteiger partial charge >= 0.3 is 12.3 Å². The van der Waals surface area contributed by atoms with Gasteiger partial charge in [-0.2, -0.15) is 17.6 Å². The highest BCUT2D eigenvalue weighted by Gasteiger charge is 2.62. The van der Waals surface area contributed by atoms with Gasteiger partial charge in [-0.1, -0.05) is 11.6 Å². The molecule has 0 fully saturated rings. The Bertz CT molecular complexity index is 921. The molecule has 2 N–H and O–H groups in total. The molecule has 0 saturated carbocycles. The van der Waals surface area contributed by atoms with E-state index in [0.717, 1.165) is 18.3 Å². The molecule has 0 bridgehead atoms. The lowest BCUT2D eigenvalue weighted by Crippen LogP contribution is -2.50. The third kappa shape index (κ3) is 3.86. The van der Waals surface area contributed by atoms with E-state index in [4.69, 9.17) is 11.6 Å². The van der Waals surface area contributed by atoms with Gasteiger partial charge < -0.3 is 10.1 Å². The molecular formula is C17H12ClF4N3O3. The lowest BCUT2D eigenvalue weighted by Gasteiger charge is -2.39. The summed E-state index contributed by atoms with van der Waals surface area (Å²) in [5.74, 6) is -1.57. The van der Waals surface area contributed by atoms with Gasteiger partial charge in [-0.05, 0) is 30.3 Å². The fourth-order valence-electron chi connectivity index (χ4n) is 2.81. The third-order valence-electron chi connectivity index (χ3n) is 4.09. The molecule has 1 aliphatic rings. The normalized spacial score (nSPS) is 18.7. The van der Waals surface area contributed by atoms with Crippen LogP contribution >= 0.6 is 11.6 Å². The number of benzene rings is 1. The van der Waals surface area contributed by atoms with E-state index in [-0.39, 0.29) is 16.4 Å². The number of hydrogen-bond donors (Lipinski definition) is 2. The van der Waals surface area contributed by atoms with Crippen LogP contribution in [0.15, 0.2) is 36.5 Å². The second-order valence-corrected chi connectivity index (χ2v) is 6.38. The molecule has 0 saturated heterocycles. The number of alkyl halides is 3. The van der Waals surface area contributed by atoms with Crippen molar-refractivity contribution in [2.75, 3.05) is 10.6 Å². The van der Waals surface area contributed by atoms with Crippen LogP contribution in [0.3, 0.4) is 0 Å². The number of carbonyl (C=O) groups excluding carboxylic acids is 2. The van der Waals surface area contributed by atoms with Crippen LogP contribution in [-0.4, -0.2) is 23.2 Å². The average Bonchev–Trinajstić information content (AvgIpc) is 2.61. The van der Waals surface area contributed by atoms with E-state index in [0.29, 0.717) is 0 Å². The number of ether oxygens (including phenoxy) is 1. The van der Waals surface area contributed by atoms with Crippen molar-refractivity contribution >= 4 is 35.0 Å². The van der Waals surface area contributed by atoms with Crippen molar-refractivity contribution in [1.82, 2.24) is 4.98 Å². The first-order valence-corrected chi connectivity index (χ1v) is 8.27. The highest BCUT2D eigenvalue weighted by molar-refractivity contribution is 6.30. The van der Waals surface area contributed by atoms with Crippen molar-refractivity contribution in [3.05, 3.63) is 53.1 Å².